The summed E-state index contributed by atoms with van der Waals surface area (Å²) in [6.07, 6.45) is 2.65. The lowest BCUT2D eigenvalue weighted by Crippen LogP contribution is -2.44. The van der Waals surface area contributed by atoms with Crippen LogP contribution in [0.2, 0.25) is 5.02 Å². The fourth-order valence-electron chi connectivity index (χ4n) is 3.46. The number of halogens is 2. The summed E-state index contributed by atoms with van der Waals surface area (Å²) < 4.78 is 11.9. The molecular weight excluding hydrogens is 462 g/mol. The Balaban J connectivity index is 1.38. The number of aromatic nitrogens is 1. The SMILES string of the molecule is O=C(NCc1ccc(Cl)cc1)c1cc(O[C@H]2CCN3C(=O)OC[C@@H]3C2)c(Br)cn1. The molecular formula is C20H19BrClN3O4. The van der Waals surface area contributed by atoms with Gasteiger partial charge in [-0.2, -0.15) is 0 Å². The van der Waals surface area contributed by atoms with E-state index in [-0.39, 0.29) is 29.8 Å². The molecule has 2 saturated heterocycles. The predicted molar refractivity (Wildman–Crippen MR) is 110 cm³/mol. The van der Waals surface area contributed by atoms with Crippen LogP contribution in [0.3, 0.4) is 0 Å². The molecule has 2 atom stereocenters. The average molecular weight is 481 g/mol. The number of ether oxygens (including phenoxy) is 2. The molecule has 0 aliphatic carbocycles. The number of rotatable bonds is 5. The van der Waals surface area contributed by atoms with Crippen LogP contribution in [0.4, 0.5) is 4.79 Å². The number of cyclic esters (lactones) is 1. The maximum atomic E-state index is 12.5. The molecule has 0 radical (unpaired) electrons. The van der Waals surface area contributed by atoms with Gasteiger partial charge >= 0.3 is 6.09 Å². The molecule has 1 aromatic carbocycles. The summed E-state index contributed by atoms with van der Waals surface area (Å²) >= 11 is 9.31. The molecule has 2 aromatic rings. The van der Waals surface area contributed by atoms with Crippen LogP contribution >= 0.6 is 27.5 Å². The summed E-state index contributed by atoms with van der Waals surface area (Å²) in [7, 11) is 0. The Kier molecular flexibility index (Phi) is 5.91. The van der Waals surface area contributed by atoms with E-state index >= 15 is 0 Å². The third-order valence-electron chi connectivity index (χ3n) is 5.01. The summed E-state index contributed by atoms with van der Waals surface area (Å²) in [5, 5.41) is 3.49. The zero-order chi connectivity index (χ0) is 20.4. The Labute approximate surface area is 181 Å². The van der Waals surface area contributed by atoms with Gasteiger partial charge in [0.05, 0.1) is 10.5 Å². The van der Waals surface area contributed by atoms with Crippen molar-refractivity contribution in [2.45, 2.75) is 31.5 Å². The first-order valence-corrected chi connectivity index (χ1v) is 10.4. The maximum absolute atomic E-state index is 12.5. The van der Waals surface area contributed by atoms with Crippen LogP contribution in [0.15, 0.2) is 41.0 Å². The highest BCUT2D eigenvalue weighted by Crippen LogP contribution is 2.31. The van der Waals surface area contributed by atoms with Gasteiger partial charge in [0.1, 0.15) is 24.2 Å². The second-order valence-corrected chi connectivity index (χ2v) is 8.29. The van der Waals surface area contributed by atoms with Crippen LogP contribution in [-0.4, -0.2) is 47.2 Å². The first-order valence-electron chi connectivity index (χ1n) is 9.28. The number of hydrogen-bond donors (Lipinski definition) is 1. The number of carbonyl (C=O) groups excluding carboxylic acids is 2. The Bertz CT molecular complexity index is 924. The van der Waals surface area contributed by atoms with Crippen molar-refractivity contribution in [1.82, 2.24) is 15.2 Å². The molecule has 2 aliphatic heterocycles. The summed E-state index contributed by atoms with van der Waals surface area (Å²) in [6, 6.07) is 8.95. The number of benzene rings is 1. The van der Waals surface area contributed by atoms with Crippen LogP contribution in [0.5, 0.6) is 5.75 Å². The fourth-order valence-corrected chi connectivity index (χ4v) is 3.90. The van der Waals surface area contributed by atoms with Gasteiger partial charge in [0.2, 0.25) is 0 Å². The van der Waals surface area contributed by atoms with Crippen LogP contribution in [-0.2, 0) is 11.3 Å². The monoisotopic (exact) mass is 479 g/mol. The van der Waals surface area contributed by atoms with Gasteiger partial charge in [-0.3, -0.25) is 4.79 Å². The van der Waals surface area contributed by atoms with E-state index in [0.717, 1.165) is 5.56 Å². The van der Waals surface area contributed by atoms with E-state index in [4.69, 9.17) is 21.1 Å². The lowest BCUT2D eigenvalue weighted by Gasteiger charge is -2.32. The van der Waals surface area contributed by atoms with Gasteiger partial charge in [0, 0.05) is 43.2 Å². The lowest BCUT2D eigenvalue weighted by atomic mass is 10.0. The number of nitrogens with zero attached hydrogens (tertiary/aromatic N) is 2. The normalized spacial score (nSPS) is 20.8. The number of hydrogen-bond acceptors (Lipinski definition) is 5. The zero-order valence-electron chi connectivity index (χ0n) is 15.4. The number of piperidine rings is 1. The number of nitrogens with one attached hydrogen (secondary N) is 1. The predicted octanol–water partition coefficient (Wildman–Crippen LogP) is 3.79. The fraction of sp³-hybridized carbons (Fsp3) is 0.350. The Morgan fingerprint density at radius 2 is 2.17 bits per heavy atom. The summed E-state index contributed by atoms with van der Waals surface area (Å²) in [4.78, 5) is 30.1. The van der Waals surface area contributed by atoms with Gasteiger partial charge in [0.15, 0.2) is 0 Å². The van der Waals surface area contributed by atoms with E-state index < -0.39 is 0 Å². The van der Waals surface area contributed by atoms with Crippen LogP contribution in [0.1, 0.15) is 28.9 Å². The molecule has 4 rings (SSSR count). The van der Waals surface area contributed by atoms with E-state index in [9.17, 15) is 9.59 Å². The molecule has 1 aromatic heterocycles. The molecule has 9 heteroatoms. The number of fused-ring (bicyclic) bond motifs is 1. The molecule has 29 heavy (non-hydrogen) atoms. The van der Waals surface area contributed by atoms with Gasteiger partial charge in [-0.15, -0.1) is 0 Å². The first-order chi connectivity index (χ1) is 14.0. The zero-order valence-corrected chi connectivity index (χ0v) is 17.8. The molecule has 1 N–H and O–H groups in total. The number of carbonyl (C=O) groups is 2. The summed E-state index contributed by atoms with van der Waals surface area (Å²) in [5.74, 6) is 0.266. The van der Waals surface area contributed by atoms with E-state index in [1.165, 1.54) is 0 Å². The van der Waals surface area contributed by atoms with Crippen molar-refractivity contribution in [1.29, 1.82) is 0 Å². The first kappa shape index (κ1) is 20.0. The number of amides is 2. The lowest BCUT2D eigenvalue weighted by molar-refractivity contribution is 0.0908. The van der Waals surface area contributed by atoms with E-state index in [2.05, 4.69) is 26.2 Å². The van der Waals surface area contributed by atoms with Crippen LogP contribution in [0, 0.1) is 0 Å². The second kappa shape index (κ2) is 8.59. The van der Waals surface area contributed by atoms with E-state index in [1.807, 2.05) is 12.1 Å². The number of pyridine rings is 1. The molecule has 0 bridgehead atoms. The van der Waals surface area contributed by atoms with Crippen molar-refractivity contribution >= 4 is 39.5 Å². The van der Waals surface area contributed by atoms with E-state index in [0.29, 0.717) is 47.8 Å². The molecule has 3 heterocycles. The van der Waals surface area contributed by atoms with Crippen molar-refractivity contribution in [3.05, 3.63) is 57.3 Å². The van der Waals surface area contributed by atoms with Gasteiger partial charge in [-0.1, -0.05) is 23.7 Å². The molecule has 7 nitrogen and oxygen atoms in total. The van der Waals surface area contributed by atoms with Crippen molar-refractivity contribution in [3.8, 4) is 5.75 Å². The standard InChI is InChI=1S/C20H19BrClN3O4/c21-16-10-23-17(19(26)24-9-12-1-3-13(22)4-2-12)8-18(16)29-15-5-6-25-14(7-15)11-28-20(25)27/h1-4,8,10,14-15H,5-7,9,11H2,(H,24,26)/t14-,15-/m0/s1. The minimum Gasteiger partial charge on any atom is -0.489 e. The van der Waals surface area contributed by atoms with Gasteiger partial charge in [0.25, 0.3) is 5.91 Å². The highest BCUT2D eigenvalue weighted by molar-refractivity contribution is 9.10. The summed E-state index contributed by atoms with van der Waals surface area (Å²) in [6.45, 7) is 1.37. The average Bonchev–Trinajstić information content (AvgIpc) is 3.09. The Morgan fingerprint density at radius 1 is 1.38 bits per heavy atom. The molecule has 2 amide bonds. The minimum absolute atomic E-state index is 0.0454. The largest absolute Gasteiger partial charge is 0.489 e. The topological polar surface area (TPSA) is 80.8 Å². The smallest absolute Gasteiger partial charge is 0.410 e. The van der Waals surface area contributed by atoms with E-state index in [1.54, 1.807) is 29.3 Å². The van der Waals surface area contributed by atoms with Gasteiger partial charge in [-0.25, -0.2) is 9.78 Å². The Hall–Kier alpha value is -2.32. The van der Waals surface area contributed by atoms with Gasteiger partial charge in [-0.05, 0) is 33.6 Å². The van der Waals surface area contributed by atoms with Crippen LogP contribution < -0.4 is 10.1 Å². The Morgan fingerprint density at radius 3 is 2.97 bits per heavy atom. The van der Waals surface area contributed by atoms with Crippen molar-refractivity contribution < 1.29 is 19.1 Å². The minimum atomic E-state index is -0.290. The summed E-state index contributed by atoms with van der Waals surface area (Å²) in [5.41, 5.74) is 1.21. The highest BCUT2D eigenvalue weighted by atomic mass is 79.9. The maximum Gasteiger partial charge on any atom is 0.410 e. The van der Waals surface area contributed by atoms with Crippen molar-refractivity contribution in [2.75, 3.05) is 13.2 Å². The molecule has 0 saturated carbocycles. The third kappa shape index (κ3) is 4.64. The molecule has 2 aliphatic rings. The van der Waals surface area contributed by atoms with Crippen molar-refractivity contribution in [3.63, 3.8) is 0 Å². The van der Waals surface area contributed by atoms with Gasteiger partial charge < -0.3 is 19.7 Å². The second-order valence-electron chi connectivity index (χ2n) is 7.00. The molecule has 0 unspecified atom stereocenters. The molecule has 0 spiro atoms. The quantitative estimate of drug-likeness (QED) is 0.704. The molecule has 152 valence electrons. The van der Waals surface area contributed by atoms with Crippen LogP contribution in [0.25, 0.3) is 0 Å². The molecule has 2 fully saturated rings. The highest BCUT2D eigenvalue weighted by Gasteiger charge is 2.39. The van der Waals surface area contributed by atoms with Crippen molar-refractivity contribution in [2.24, 2.45) is 0 Å². The third-order valence-corrected chi connectivity index (χ3v) is 5.86.